The molecule has 4 rings (SSSR count). The predicted octanol–water partition coefficient (Wildman–Crippen LogP) is 3.89. The molecule has 2 atom stereocenters. The van der Waals surface area contributed by atoms with E-state index in [0.717, 1.165) is 6.42 Å². The number of hydrogen-bond donors (Lipinski definition) is 1. The van der Waals surface area contributed by atoms with Gasteiger partial charge in [0.2, 0.25) is 0 Å². The van der Waals surface area contributed by atoms with Crippen molar-refractivity contribution in [2.24, 2.45) is 5.41 Å². The molecule has 0 radical (unpaired) electrons. The number of benzene rings is 1. The Bertz CT molecular complexity index is 1140. The summed E-state index contributed by atoms with van der Waals surface area (Å²) in [4.78, 5) is 37.6. The van der Waals surface area contributed by atoms with Gasteiger partial charge in [0.25, 0.3) is 5.91 Å². The van der Waals surface area contributed by atoms with Crippen molar-refractivity contribution in [2.45, 2.75) is 43.4 Å². The second kappa shape index (κ2) is 8.74. The number of hydrogen-bond acceptors (Lipinski definition) is 7. The van der Waals surface area contributed by atoms with Crippen LogP contribution in [0.5, 0.6) is 0 Å². The Morgan fingerprint density at radius 1 is 1.25 bits per heavy atom. The van der Waals surface area contributed by atoms with Gasteiger partial charge in [-0.1, -0.05) is 18.2 Å². The minimum Gasteiger partial charge on any atom is -0.463 e. The molecule has 168 valence electrons. The molecule has 1 N–H and O–H groups in total. The third-order valence-corrected chi connectivity index (χ3v) is 6.41. The Kier molecular flexibility index (Phi) is 6.17. The molecule has 32 heavy (non-hydrogen) atoms. The van der Waals surface area contributed by atoms with Gasteiger partial charge in [-0.05, 0) is 61.9 Å². The third-order valence-electron chi connectivity index (χ3n) is 5.10. The molecule has 3 heterocycles. The van der Waals surface area contributed by atoms with Crippen LogP contribution in [0.25, 0.3) is 11.2 Å². The Balaban J connectivity index is 1.51. The number of rotatable bonds is 5. The fourth-order valence-corrected chi connectivity index (χ4v) is 4.36. The van der Waals surface area contributed by atoms with Crippen LogP contribution in [-0.4, -0.2) is 44.1 Å². The number of imidazole rings is 1. The van der Waals surface area contributed by atoms with Gasteiger partial charge in [-0.25, -0.2) is 15.0 Å². The lowest BCUT2D eigenvalue weighted by atomic mass is 9.97. The van der Waals surface area contributed by atoms with Gasteiger partial charge in [0.05, 0.1) is 11.5 Å². The number of halogens is 1. The van der Waals surface area contributed by atoms with E-state index >= 15 is 0 Å². The van der Waals surface area contributed by atoms with Crippen LogP contribution in [-0.2, 0) is 18.0 Å². The minimum atomic E-state index is -0.736. The van der Waals surface area contributed by atoms with Crippen molar-refractivity contribution < 1.29 is 19.1 Å². The van der Waals surface area contributed by atoms with E-state index < -0.39 is 9.15 Å². The van der Waals surface area contributed by atoms with Crippen molar-refractivity contribution >= 4 is 51.4 Å². The summed E-state index contributed by atoms with van der Waals surface area (Å²) in [5, 5.41) is 2.81. The molecule has 0 aliphatic carbocycles. The van der Waals surface area contributed by atoms with Crippen molar-refractivity contribution in [1.82, 2.24) is 19.5 Å². The second-order valence-corrected chi connectivity index (χ2v) is 10.3. The number of aromatic nitrogens is 4. The smallest absolute Gasteiger partial charge is 0.311 e. The summed E-state index contributed by atoms with van der Waals surface area (Å²) in [5.74, 6) is -0.204. The molecule has 1 amide bonds. The largest absolute Gasteiger partial charge is 0.463 e. The maximum absolute atomic E-state index is 12.6. The number of anilines is 1. The van der Waals surface area contributed by atoms with Crippen LogP contribution in [0.15, 0.2) is 43.0 Å². The van der Waals surface area contributed by atoms with Gasteiger partial charge in [-0.3, -0.25) is 14.2 Å². The number of fused-ring (bicyclic) bond motifs is 1. The zero-order valence-corrected chi connectivity index (χ0v) is 20.2. The van der Waals surface area contributed by atoms with Gasteiger partial charge in [0.1, 0.15) is 19.3 Å². The highest BCUT2D eigenvalue weighted by Crippen LogP contribution is 2.42. The first-order chi connectivity index (χ1) is 15.2. The molecule has 1 aliphatic rings. The first-order valence-electron chi connectivity index (χ1n) is 10.3. The van der Waals surface area contributed by atoms with Crippen molar-refractivity contribution in [2.75, 3.05) is 11.9 Å². The first-order valence-corrected chi connectivity index (χ1v) is 11.3. The number of ether oxygens (including phenoxy) is 2. The molecule has 0 saturated carbocycles. The Labute approximate surface area is 199 Å². The van der Waals surface area contributed by atoms with Crippen molar-refractivity contribution in [3.05, 3.63) is 48.5 Å². The van der Waals surface area contributed by atoms with Crippen molar-refractivity contribution in [3.8, 4) is 0 Å². The zero-order valence-electron chi connectivity index (χ0n) is 18.0. The molecule has 1 aromatic carbocycles. The zero-order chi connectivity index (χ0) is 22.9. The highest BCUT2D eigenvalue weighted by Gasteiger charge is 2.41. The van der Waals surface area contributed by atoms with Gasteiger partial charge in [0, 0.05) is 12.0 Å². The lowest BCUT2D eigenvalue weighted by Gasteiger charge is -2.25. The Morgan fingerprint density at radius 3 is 2.72 bits per heavy atom. The number of nitrogens with one attached hydrogen (secondary N) is 1. The van der Waals surface area contributed by atoms with E-state index in [2.05, 4.69) is 42.9 Å². The number of amides is 1. The Hall–Kier alpha value is -2.60. The lowest BCUT2D eigenvalue weighted by molar-refractivity contribution is -0.157. The van der Waals surface area contributed by atoms with Crippen LogP contribution in [0.1, 0.15) is 44.0 Å². The SMILES string of the molecule is CC(C)(C)C(=O)OCC1CCC(I)(n2cnc3c(NC(=O)c4ccccc4)ncnc32)O1. The van der Waals surface area contributed by atoms with Crippen LogP contribution in [0, 0.1) is 5.41 Å². The average Bonchev–Trinajstić information content (AvgIpc) is 3.37. The van der Waals surface area contributed by atoms with Crippen LogP contribution >= 0.6 is 22.6 Å². The second-order valence-electron chi connectivity index (χ2n) is 8.65. The fourth-order valence-electron chi connectivity index (χ4n) is 3.33. The summed E-state index contributed by atoms with van der Waals surface area (Å²) in [7, 11) is 0. The molecule has 0 spiro atoms. The average molecular weight is 549 g/mol. The number of carbonyl (C=O) groups excluding carboxylic acids is 2. The summed E-state index contributed by atoms with van der Waals surface area (Å²) >= 11 is 2.22. The number of esters is 1. The van der Waals surface area contributed by atoms with Crippen molar-refractivity contribution in [3.63, 3.8) is 0 Å². The maximum Gasteiger partial charge on any atom is 0.311 e. The molecular formula is C22H24IN5O4. The van der Waals surface area contributed by atoms with Crippen LogP contribution in [0.4, 0.5) is 5.82 Å². The highest BCUT2D eigenvalue weighted by atomic mass is 127. The van der Waals surface area contributed by atoms with E-state index in [1.807, 2.05) is 31.4 Å². The molecule has 1 fully saturated rings. The van der Waals surface area contributed by atoms with Gasteiger partial charge in [0.15, 0.2) is 20.7 Å². The van der Waals surface area contributed by atoms with E-state index in [4.69, 9.17) is 9.47 Å². The van der Waals surface area contributed by atoms with Gasteiger partial charge < -0.3 is 14.8 Å². The van der Waals surface area contributed by atoms with Gasteiger partial charge in [-0.15, -0.1) is 0 Å². The molecule has 1 aliphatic heterocycles. The molecule has 0 bridgehead atoms. The first kappa shape index (κ1) is 22.6. The Morgan fingerprint density at radius 2 is 2.00 bits per heavy atom. The molecule has 1 saturated heterocycles. The summed E-state index contributed by atoms with van der Waals surface area (Å²) in [6, 6.07) is 8.90. The predicted molar refractivity (Wildman–Crippen MR) is 126 cm³/mol. The standard InChI is InChI=1S/C22H24IN5O4/c1-21(2,3)20(30)31-11-15-9-10-22(23,32-15)28-13-26-16-17(24-12-25-18(16)28)27-19(29)14-7-5-4-6-8-14/h4-8,12-13,15H,9-11H2,1-3H3,(H,24,25,27,29). The van der Waals surface area contributed by atoms with Crippen LogP contribution in [0.2, 0.25) is 0 Å². The summed E-state index contributed by atoms with van der Waals surface area (Å²) in [6.45, 7) is 5.65. The van der Waals surface area contributed by atoms with Crippen LogP contribution < -0.4 is 5.32 Å². The molecule has 10 heteroatoms. The van der Waals surface area contributed by atoms with E-state index in [-0.39, 0.29) is 24.6 Å². The van der Waals surface area contributed by atoms with E-state index in [1.54, 1.807) is 30.6 Å². The van der Waals surface area contributed by atoms with E-state index in [1.165, 1.54) is 6.33 Å². The summed E-state index contributed by atoms with van der Waals surface area (Å²) in [6.07, 6.45) is 4.20. The number of nitrogens with zero attached hydrogens (tertiary/aromatic N) is 4. The quantitative estimate of drug-likeness (QED) is 0.292. The summed E-state index contributed by atoms with van der Waals surface area (Å²) in [5.41, 5.74) is 0.984. The van der Waals surface area contributed by atoms with E-state index in [9.17, 15) is 9.59 Å². The van der Waals surface area contributed by atoms with Gasteiger partial charge in [-0.2, -0.15) is 0 Å². The number of alkyl halides is 1. The topological polar surface area (TPSA) is 108 Å². The number of carbonyl (C=O) groups is 2. The van der Waals surface area contributed by atoms with E-state index in [0.29, 0.717) is 29.0 Å². The van der Waals surface area contributed by atoms with Gasteiger partial charge >= 0.3 is 5.97 Å². The minimum absolute atomic E-state index is 0.195. The molecule has 9 nitrogen and oxygen atoms in total. The maximum atomic E-state index is 12.6. The molecule has 2 unspecified atom stereocenters. The highest BCUT2D eigenvalue weighted by molar-refractivity contribution is 14.1. The lowest BCUT2D eigenvalue weighted by Crippen LogP contribution is -2.30. The fraction of sp³-hybridized carbons (Fsp3) is 0.409. The normalized spacial score (nSPS) is 20.9. The molecule has 2 aromatic heterocycles. The summed E-state index contributed by atoms with van der Waals surface area (Å²) < 4.78 is 12.8. The van der Waals surface area contributed by atoms with Crippen LogP contribution in [0.3, 0.4) is 0 Å². The molecule has 3 aromatic rings. The third kappa shape index (κ3) is 4.60. The monoisotopic (exact) mass is 549 g/mol. The van der Waals surface area contributed by atoms with Crippen molar-refractivity contribution in [1.29, 1.82) is 0 Å². The molecular weight excluding hydrogens is 525 g/mol.